The van der Waals surface area contributed by atoms with Gasteiger partial charge in [-0.2, -0.15) is 0 Å². The highest BCUT2D eigenvalue weighted by Crippen LogP contribution is 2.35. The van der Waals surface area contributed by atoms with Gasteiger partial charge < -0.3 is 24.9 Å². The molecule has 0 spiro atoms. The van der Waals surface area contributed by atoms with Crippen molar-refractivity contribution < 1.29 is 31.5 Å². The number of aromatic amines is 2. The van der Waals surface area contributed by atoms with Gasteiger partial charge in [0.2, 0.25) is 0 Å². The SMILES string of the molecule is CC1(N2CCC(n3c(=O)[nH]c4cc(F)c(F)cc43)CC2)CCN(C(=O)OCCF)C1.CC1(N2CCC(n3c(=O)[nH]c4cc(F)c(F)cc43)CC2)CCNC1. The molecule has 0 saturated carbocycles. The van der Waals surface area contributed by atoms with Crippen molar-refractivity contribution in [2.24, 2.45) is 0 Å². The number of carbonyl (C=O) groups is 1. The van der Waals surface area contributed by atoms with Crippen molar-refractivity contribution in [3.63, 3.8) is 0 Å². The lowest BCUT2D eigenvalue weighted by Gasteiger charge is -2.43. The standard InChI is InChI=1S/C20H25F3N4O3.C17H22F2N4O/c1-20(4-8-25(12-20)19(29)30-9-5-21)26-6-2-13(3-7-26)27-17-11-15(23)14(22)10-16(17)24-18(27)28;1-17(4-5-20-10-17)22-6-2-11(3-7-22)23-15-9-13(19)12(18)8-14(15)21-16(23)24/h10-11,13H,2-9,12H2,1H3,(H,24,28);8-9,11,20H,2-7,10H2,1H3,(H,21,24). The molecule has 1 amide bonds. The van der Waals surface area contributed by atoms with Crippen molar-refractivity contribution in [3.05, 3.63) is 68.5 Å². The molecule has 2 unspecified atom stereocenters. The number of nitrogens with zero attached hydrogens (tertiary/aromatic N) is 5. The molecule has 2 aromatic carbocycles. The molecule has 4 aromatic rings. The van der Waals surface area contributed by atoms with Gasteiger partial charge in [0.15, 0.2) is 23.3 Å². The second-order valence-electron chi connectivity index (χ2n) is 15.5. The Morgan fingerprint density at radius 1 is 0.741 bits per heavy atom. The maximum atomic E-state index is 13.7. The number of benzene rings is 2. The summed E-state index contributed by atoms with van der Waals surface area (Å²) in [5.41, 5.74) is 0.757. The van der Waals surface area contributed by atoms with Crippen LogP contribution in [0.2, 0.25) is 0 Å². The summed E-state index contributed by atoms with van der Waals surface area (Å²) in [6.45, 7) is 9.75. The highest BCUT2D eigenvalue weighted by Gasteiger charge is 2.43. The van der Waals surface area contributed by atoms with Gasteiger partial charge in [-0.3, -0.25) is 18.9 Å². The minimum absolute atomic E-state index is 0.0188. The summed E-state index contributed by atoms with van der Waals surface area (Å²) in [7, 11) is 0. The number of hydrogen-bond donors (Lipinski definition) is 3. The zero-order valence-corrected chi connectivity index (χ0v) is 30.5. The summed E-state index contributed by atoms with van der Waals surface area (Å²) in [6.07, 6.45) is 4.44. The van der Waals surface area contributed by atoms with Crippen LogP contribution < -0.4 is 16.7 Å². The second kappa shape index (κ2) is 15.1. The molecule has 6 heterocycles. The van der Waals surface area contributed by atoms with Crippen molar-refractivity contribution in [1.29, 1.82) is 0 Å². The molecular weight excluding hydrogens is 715 g/mol. The average molecular weight is 763 g/mol. The Hall–Kier alpha value is -4.22. The number of alkyl halides is 1. The number of amides is 1. The van der Waals surface area contributed by atoms with Gasteiger partial charge >= 0.3 is 17.5 Å². The normalized spacial score (nSPS) is 24.8. The second-order valence-corrected chi connectivity index (χ2v) is 15.5. The van der Waals surface area contributed by atoms with Crippen LogP contribution in [0.15, 0.2) is 33.9 Å². The van der Waals surface area contributed by atoms with Gasteiger partial charge in [-0.25, -0.2) is 36.3 Å². The molecule has 0 bridgehead atoms. The van der Waals surface area contributed by atoms with Crippen LogP contribution in [0.4, 0.5) is 26.7 Å². The number of hydrogen-bond acceptors (Lipinski definition) is 7. The summed E-state index contributed by atoms with van der Waals surface area (Å²) in [5, 5.41) is 3.41. The number of nitrogens with one attached hydrogen (secondary N) is 3. The van der Waals surface area contributed by atoms with Crippen molar-refractivity contribution in [1.82, 2.24) is 39.1 Å². The fourth-order valence-corrected chi connectivity index (χ4v) is 8.94. The van der Waals surface area contributed by atoms with E-state index < -0.39 is 36.0 Å². The third kappa shape index (κ3) is 7.29. The van der Waals surface area contributed by atoms with Gasteiger partial charge in [0.05, 0.1) is 22.1 Å². The van der Waals surface area contributed by atoms with Gasteiger partial charge in [-0.05, 0) is 58.9 Å². The lowest BCUT2D eigenvalue weighted by Crippen LogP contribution is -2.52. The van der Waals surface area contributed by atoms with E-state index in [1.807, 2.05) is 0 Å². The topological polar surface area (TPSA) is 124 Å². The predicted molar refractivity (Wildman–Crippen MR) is 192 cm³/mol. The number of fused-ring (bicyclic) bond motifs is 2. The summed E-state index contributed by atoms with van der Waals surface area (Å²) in [5.74, 6) is -3.83. The molecule has 4 aliphatic rings. The first kappa shape index (κ1) is 38.1. The van der Waals surface area contributed by atoms with Crippen LogP contribution in [0.3, 0.4) is 0 Å². The fraction of sp³-hybridized carbons (Fsp3) is 0.595. The molecule has 8 rings (SSSR count). The monoisotopic (exact) mass is 762 g/mol. The van der Waals surface area contributed by atoms with E-state index in [0.717, 1.165) is 76.1 Å². The third-order valence-electron chi connectivity index (χ3n) is 12.1. The number of H-pyrrole nitrogens is 2. The Bertz CT molecular complexity index is 2110. The van der Waals surface area contributed by atoms with Crippen LogP contribution in [0, 0.1) is 23.3 Å². The van der Waals surface area contributed by atoms with Crippen LogP contribution >= 0.6 is 0 Å². The van der Waals surface area contributed by atoms with Crippen LogP contribution in [-0.2, 0) is 4.74 Å². The maximum Gasteiger partial charge on any atom is 0.409 e. The number of likely N-dealkylation sites (tertiary alicyclic amines) is 3. The van der Waals surface area contributed by atoms with E-state index in [2.05, 4.69) is 38.9 Å². The summed E-state index contributed by atoms with van der Waals surface area (Å²) in [4.78, 5) is 48.4. The lowest BCUT2D eigenvalue weighted by molar-refractivity contribution is 0.0621. The largest absolute Gasteiger partial charge is 0.447 e. The molecule has 12 nitrogen and oxygen atoms in total. The summed E-state index contributed by atoms with van der Waals surface area (Å²) >= 11 is 0. The van der Waals surface area contributed by atoms with Crippen molar-refractivity contribution in [3.8, 4) is 0 Å². The molecule has 0 radical (unpaired) electrons. The van der Waals surface area contributed by atoms with Crippen molar-refractivity contribution in [2.75, 3.05) is 65.6 Å². The molecule has 0 aliphatic carbocycles. The Morgan fingerprint density at radius 3 is 1.69 bits per heavy atom. The zero-order valence-electron chi connectivity index (χ0n) is 30.5. The van der Waals surface area contributed by atoms with E-state index >= 15 is 0 Å². The number of ether oxygens (including phenoxy) is 1. The Kier molecular flexibility index (Phi) is 10.7. The summed E-state index contributed by atoms with van der Waals surface area (Å²) in [6, 6.07) is 4.15. The fourth-order valence-electron chi connectivity index (χ4n) is 8.94. The van der Waals surface area contributed by atoms with Gasteiger partial charge in [-0.1, -0.05) is 0 Å². The summed E-state index contributed by atoms with van der Waals surface area (Å²) < 4.78 is 74.4. The highest BCUT2D eigenvalue weighted by molar-refractivity contribution is 5.76. The maximum absolute atomic E-state index is 13.7. The van der Waals surface area contributed by atoms with E-state index in [1.54, 1.807) is 9.47 Å². The van der Waals surface area contributed by atoms with E-state index in [4.69, 9.17) is 4.74 Å². The third-order valence-corrected chi connectivity index (χ3v) is 12.1. The van der Waals surface area contributed by atoms with Crippen molar-refractivity contribution >= 4 is 28.2 Å². The van der Waals surface area contributed by atoms with Crippen LogP contribution in [-0.4, -0.2) is 117 Å². The highest BCUT2D eigenvalue weighted by atomic mass is 19.2. The molecule has 294 valence electrons. The minimum atomic E-state index is -0.991. The molecule has 4 fully saturated rings. The molecule has 4 aliphatic heterocycles. The first-order chi connectivity index (χ1) is 25.8. The van der Waals surface area contributed by atoms with Gasteiger partial charge in [0.25, 0.3) is 0 Å². The Balaban J connectivity index is 0.000000171. The first-order valence-corrected chi connectivity index (χ1v) is 18.7. The first-order valence-electron chi connectivity index (χ1n) is 18.7. The molecule has 2 atom stereocenters. The smallest absolute Gasteiger partial charge is 0.409 e. The lowest BCUT2D eigenvalue weighted by atomic mass is 9.94. The number of halogens is 5. The molecule has 17 heteroatoms. The molecule has 3 N–H and O–H groups in total. The zero-order chi connectivity index (χ0) is 38.4. The molecular formula is C37H47F5N8O4. The van der Waals surface area contributed by atoms with Gasteiger partial charge in [-0.15, -0.1) is 0 Å². The van der Waals surface area contributed by atoms with E-state index in [-0.39, 0.29) is 46.7 Å². The van der Waals surface area contributed by atoms with E-state index in [9.17, 15) is 36.3 Å². The molecule has 54 heavy (non-hydrogen) atoms. The Morgan fingerprint density at radius 2 is 1.22 bits per heavy atom. The number of rotatable bonds is 6. The average Bonchev–Trinajstić information content (AvgIpc) is 3.93. The number of piperidine rings is 2. The quantitative estimate of drug-likeness (QED) is 0.241. The van der Waals surface area contributed by atoms with E-state index in [1.165, 1.54) is 4.57 Å². The van der Waals surface area contributed by atoms with Gasteiger partial charge in [0.1, 0.15) is 13.3 Å². The van der Waals surface area contributed by atoms with Crippen molar-refractivity contribution in [2.45, 2.75) is 75.5 Å². The van der Waals surface area contributed by atoms with Crippen LogP contribution in [0.5, 0.6) is 0 Å². The van der Waals surface area contributed by atoms with Crippen LogP contribution in [0.25, 0.3) is 22.1 Å². The molecule has 2 aromatic heterocycles. The predicted octanol–water partition coefficient (Wildman–Crippen LogP) is 4.81. The van der Waals surface area contributed by atoms with Gasteiger partial charge in [0, 0.05) is 93.2 Å². The van der Waals surface area contributed by atoms with Crippen LogP contribution in [0.1, 0.15) is 64.5 Å². The number of imidazole rings is 2. The minimum Gasteiger partial charge on any atom is -0.447 e. The Labute approximate surface area is 308 Å². The number of aromatic nitrogens is 4. The van der Waals surface area contributed by atoms with E-state index in [0.29, 0.717) is 55.6 Å². The number of carbonyl (C=O) groups excluding carboxylic acids is 1. The molecule has 4 saturated heterocycles.